The number of amides is 1. The van der Waals surface area contributed by atoms with Crippen molar-refractivity contribution in [1.29, 1.82) is 0 Å². The number of carbonyl (C=O) groups excluding carboxylic acids is 1. The van der Waals surface area contributed by atoms with Crippen molar-refractivity contribution in [3.63, 3.8) is 0 Å². The summed E-state index contributed by atoms with van der Waals surface area (Å²) in [5.41, 5.74) is 0.836. The first kappa shape index (κ1) is 13.1. The second-order valence-corrected chi connectivity index (χ2v) is 4.30. The summed E-state index contributed by atoms with van der Waals surface area (Å²) in [5, 5.41) is 3.91. The molecule has 0 fully saturated rings. The van der Waals surface area contributed by atoms with Crippen LogP contribution >= 0.6 is 0 Å². The molecule has 19 heavy (non-hydrogen) atoms. The molecule has 2 rings (SSSR count). The Balaban J connectivity index is 2.07. The number of fused-ring (bicyclic) bond motifs is 1. The SMILES string of the molecule is C/C=C/C=C/C(=O)N[C@@H](C)c1cc2ccccc2o1. The highest BCUT2D eigenvalue weighted by Crippen LogP contribution is 2.23. The number of hydrogen-bond donors (Lipinski definition) is 1. The Hall–Kier alpha value is -2.29. The van der Waals surface area contributed by atoms with Crippen LogP contribution in [-0.4, -0.2) is 5.91 Å². The monoisotopic (exact) mass is 255 g/mol. The molecule has 0 saturated heterocycles. The molecule has 0 saturated carbocycles. The Bertz CT molecular complexity index is 589. The summed E-state index contributed by atoms with van der Waals surface area (Å²) in [4.78, 5) is 11.6. The Morgan fingerprint density at radius 1 is 1.32 bits per heavy atom. The van der Waals surface area contributed by atoms with Crippen molar-refractivity contribution in [1.82, 2.24) is 5.32 Å². The summed E-state index contributed by atoms with van der Waals surface area (Å²) >= 11 is 0. The number of carbonyl (C=O) groups is 1. The summed E-state index contributed by atoms with van der Waals surface area (Å²) in [5.74, 6) is 0.625. The van der Waals surface area contributed by atoms with Crippen molar-refractivity contribution in [3.8, 4) is 0 Å². The molecule has 0 radical (unpaired) electrons. The van der Waals surface area contributed by atoms with Gasteiger partial charge in [-0.25, -0.2) is 0 Å². The van der Waals surface area contributed by atoms with Gasteiger partial charge >= 0.3 is 0 Å². The second kappa shape index (κ2) is 6.05. The second-order valence-electron chi connectivity index (χ2n) is 4.30. The van der Waals surface area contributed by atoms with Gasteiger partial charge in [-0.15, -0.1) is 0 Å². The van der Waals surface area contributed by atoms with Crippen molar-refractivity contribution in [2.24, 2.45) is 0 Å². The Morgan fingerprint density at radius 3 is 2.84 bits per heavy atom. The Labute approximate surface area is 112 Å². The lowest BCUT2D eigenvalue weighted by atomic mass is 10.2. The fourth-order valence-electron chi connectivity index (χ4n) is 1.80. The van der Waals surface area contributed by atoms with Crippen LogP contribution in [0.5, 0.6) is 0 Å². The van der Waals surface area contributed by atoms with Gasteiger partial charge in [-0.05, 0) is 26.0 Å². The van der Waals surface area contributed by atoms with E-state index < -0.39 is 0 Å². The van der Waals surface area contributed by atoms with E-state index in [1.807, 2.05) is 56.3 Å². The van der Waals surface area contributed by atoms with Gasteiger partial charge in [0.05, 0.1) is 6.04 Å². The molecule has 1 atom stereocenters. The van der Waals surface area contributed by atoms with Crippen LogP contribution in [0.2, 0.25) is 0 Å². The van der Waals surface area contributed by atoms with Crippen molar-refractivity contribution < 1.29 is 9.21 Å². The summed E-state index contributed by atoms with van der Waals surface area (Å²) in [6.45, 7) is 3.80. The van der Waals surface area contributed by atoms with Crippen molar-refractivity contribution in [3.05, 3.63) is 60.4 Å². The molecule has 1 aromatic heterocycles. The predicted molar refractivity (Wildman–Crippen MR) is 76.7 cm³/mol. The van der Waals surface area contributed by atoms with E-state index in [1.54, 1.807) is 6.08 Å². The minimum absolute atomic E-state index is 0.133. The standard InChI is InChI=1S/C16H17NO2/c1-3-4-5-10-16(18)17-12(2)15-11-13-8-6-7-9-14(13)19-15/h3-12H,1-2H3,(H,17,18)/b4-3+,10-5+/t12-/m0/s1. The largest absolute Gasteiger partial charge is 0.459 e. The number of nitrogens with one attached hydrogen (secondary N) is 1. The van der Waals surface area contributed by atoms with Crippen LogP contribution in [0, 0.1) is 0 Å². The van der Waals surface area contributed by atoms with Crippen molar-refractivity contribution in [2.75, 3.05) is 0 Å². The zero-order valence-corrected chi connectivity index (χ0v) is 11.1. The Morgan fingerprint density at radius 2 is 2.11 bits per heavy atom. The normalized spacial score (nSPS) is 13.4. The number of benzene rings is 1. The first-order valence-electron chi connectivity index (χ1n) is 6.29. The number of para-hydroxylation sites is 1. The molecule has 98 valence electrons. The maximum atomic E-state index is 11.6. The molecule has 1 aromatic carbocycles. The fourth-order valence-corrected chi connectivity index (χ4v) is 1.80. The van der Waals surface area contributed by atoms with E-state index in [-0.39, 0.29) is 11.9 Å². The summed E-state index contributed by atoms with van der Waals surface area (Å²) in [7, 11) is 0. The van der Waals surface area contributed by atoms with E-state index in [4.69, 9.17) is 4.42 Å². The zero-order valence-electron chi connectivity index (χ0n) is 11.1. The first-order valence-corrected chi connectivity index (χ1v) is 6.29. The van der Waals surface area contributed by atoms with Crippen LogP contribution < -0.4 is 5.32 Å². The fraction of sp³-hybridized carbons (Fsp3) is 0.188. The van der Waals surface area contributed by atoms with Gasteiger partial charge in [-0.2, -0.15) is 0 Å². The van der Waals surface area contributed by atoms with Gasteiger partial charge in [0.15, 0.2) is 0 Å². The average Bonchev–Trinajstić information content (AvgIpc) is 2.83. The third kappa shape index (κ3) is 3.35. The molecule has 0 unspecified atom stereocenters. The van der Waals surface area contributed by atoms with E-state index in [1.165, 1.54) is 6.08 Å². The lowest BCUT2D eigenvalue weighted by molar-refractivity contribution is -0.117. The lowest BCUT2D eigenvalue weighted by Gasteiger charge is -2.08. The molecule has 2 aromatic rings. The summed E-state index contributed by atoms with van der Waals surface area (Å²) < 4.78 is 5.70. The van der Waals surface area contributed by atoms with Crippen LogP contribution in [0.1, 0.15) is 25.6 Å². The molecular formula is C16H17NO2. The van der Waals surface area contributed by atoms with Crippen LogP contribution in [-0.2, 0) is 4.79 Å². The maximum Gasteiger partial charge on any atom is 0.244 e. The van der Waals surface area contributed by atoms with E-state index >= 15 is 0 Å². The predicted octanol–water partition coefficient (Wildman–Crippen LogP) is 3.74. The highest BCUT2D eigenvalue weighted by molar-refractivity contribution is 5.88. The van der Waals surface area contributed by atoms with Gasteiger partial charge in [-0.3, -0.25) is 4.79 Å². The number of furan rings is 1. The van der Waals surface area contributed by atoms with E-state index in [2.05, 4.69) is 5.32 Å². The average molecular weight is 255 g/mol. The summed E-state index contributed by atoms with van der Waals surface area (Å²) in [6.07, 6.45) is 6.89. The lowest BCUT2D eigenvalue weighted by Crippen LogP contribution is -2.24. The topological polar surface area (TPSA) is 42.2 Å². The van der Waals surface area contributed by atoms with Crippen LogP contribution in [0.3, 0.4) is 0 Å². The van der Waals surface area contributed by atoms with Gasteiger partial charge < -0.3 is 9.73 Å². The smallest absolute Gasteiger partial charge is 0.244 e. The van der Waals surface area contributed by atoms with E-state index in [0.717, 1.165) is 16.7 Å². The van der Waals surface area contributed by atoms with Gasteiger partial charge in [-0.1, -0.05) is 36.4 Å². The molecule has 1 N–H and O–H groups in total. The minimum atomic E-state index is -0.157. The molecule has 0 aliphatic heterocycles. The number of hydrogen-bond acceptors (Lipinski definition) is 2. The van der Waals surface area contributed by atoms with Gasteiger partial charge in [0.1, 0.15) is 11.3 Å². The van der Waals surface area contributed by atoms with Crippen molar-refractivity contribution in [2.45, 2.75) is 19.9 Å². The Kier molecular flexibility index (Phi) is 4.18. The van der Waals surface area contributed by atoms with Gasteiger partial charge in [0, 0.05) is 11.5 Å². The van der Waals surface area contributed by atoms with Gasteiger partial charge in [0.2, 0.25) is 5.91 Å². The molecule has 3 heteroatoms. The highest BCUT2D eigenvalue weighted by Gasteiger charge is 2.12. The molecule has 3 nitrogen and oxygen atoms in total. The van der Waals surface area contributed by atoms with Gasteiger partial charge in [0.25, 0.3) is 0 Å². The van der Waals surface area contributed by atoms with E-state index in [0.29, 0.717) is 0 Å². The summed E-state index contributed by atoms with van der Waals surface area (Å²) in [6, 6.07) is 9.59. The molecule has 1 heterocycles. The van der Waals surface area contributed by atoms with Crippen LogP contribution in [0.4, 0.5) is 0 Å². The number of rotatable bonds is 4. The maximum absolute atomic E-state index is 11.6. The van der Waals surface area contributed by atoms with Crippen molar-refractivity contribution >= 4 is 16.9 Å². The molecule has 0 aliphatic rings. The van der Waals surface area contributed by atoms with Crippen LogP contribution in [0.15, 0.2) is 59.1 Å². The molecule has 0 bridgehead atoms. The number of allylic oxidation sites excluding steroid dienone is 3. The molecule has 0 spiro atoms. The first-order chi connectivity index (χ1) is 9.20. The molecule has 1 amide bonds. The third-order valence-electron chi connectivity index (χ3n) is 2.78. The van der Waals surface area contributed by atoms with Crippen LogP contribution in [0.25, 0.3) is 11.0 Å². The quantitative estimate of drug-likeness (QED) is 0.668. The zero-order chi connectivity index (χ0) is 13.7. The minimum Gasteiger partial charge on any atom is -0.459 e. The third-order valence-corrected chi connectivity index (χ3v) is 2.78. The van der Waals surface area contributed by atoms with E-state index in [9.17, 15) is 4.79 Å². The highest BCUT2D eigenvalue weighted by atomic mass is 16.3. The molecular weight excluding hydrogens is 238 g/mol. The molecule has 0 aliphatic carbocycles.